The summed E-state index contributed by atoms with van der Waals surface area (Å²) in [6.07, 6.45) is 1.26. The summed E-state index contributed by atoms with van der Waals surface area (Å²) in [6, 6.07) is 10.2. The molecule has 0 aromatic heterocycles. The van der Waals surface area contributed by atoms with Crippen molar-refractivity contribution in [2.24, 2.45) is 5.92 Å². The summed E-state index contributed by atoms with van der Waals surface area (Å²) in [7, 11) is -3.59. The van der Waals surface area contributed by atoms with E-state index >= 15 is 0 Å². The Kier molecular flexibility index (Phi) is 8.69. The predicted molar refractivity (Wildman–Crippen MR) is 128 cm³/mol. The van der Waals surface area contributed by atoms with E-state index < -0.39 is 15.9 Å². The Morgan fingerprint density at radius 3 is 2.62 bits per heavy atom. The first kappa shape index (κ1) is 25.1. The van der Waals surface area contributed by atoms with Crippen molar-refractivity contribution in [2.45, 2.75) is 25.5 Å². The Balaban J connectivity index is 1.50. The van der Waals surface area contributed by atoms with E-state index in [0.29, 0.717) is 52.3 Å². The van der Waals surface area contributed by atoms with E-state index in [4.69, 9.17) is 39.5 Å². The molecular formula is C22H25Cl3N2O4S. The van der Waals surface area contributed by atoms with E-state index in [9.17, 15) is 13.2 Å². The Hall–Kier alpha value is -1.51. The Bertz CT molecular complexity index is 1080. The van der Waals surface area contributed by atoms with E-state index in [-0.39, 0.29) is 24.8 Å². The van der Waals surface area contributed by atoms with Gasteiger partial charge < -0.3 is 10.1 Å². The molecule has 0 spiro atoms. The fraction of sp³-hybridized carbons (Fsp3) is 0.409. The van der Waals surface area contributed by atoms with Gasteiger partial charge in [0.15, 0.2) is 0 Å². The second-order valence-electron chi connectivity index (χ2n) is 7.75. The van der Waals surface area contributed by atoms with Crippen molar-refractivity contribution in [3.8, 4) is 5.75 Å². The van der Waals surface area contributed by atoms with Crippen LogP contribution in [0.1, 0.15) is 24.0 Å². The highest BCUT2D eigenvalue weighted by atomic mass is 35.5. The average Bonchev–Trinajstić information content (AvgIpc) is 2.76. The molecule has 1 heterocycles. The zero-order chi connectivity index (χ0) is 23.3. The quantitative estimate of drug-likeness (QED) is 0.513. The molecule has 1 saturated heterocycles. The summed E-state index contributed by atoms with van der Waals surface area (Å²) in [4.78, 5) is 12.6. The topological polar surface area (TPSA) is 75.7 Å². The van der Waals surface area contributed by atoms with Crippen LogP contribution in [0.15, 0.2) is 36.4 Å². The molecular weight excluding hydrogens is 495 g/mol. The first-order valence-corrected chi connectivity index (χ1v) is 13.0. The minimum absolute atomic E-state index is 0.157. The molecule has 1 aliphatic rings. The third-order valence-corrected chi connectivity index (χ3v) is 8.26. The lowest BCUT2D eigenvalue weighted by Crippen LogP contribution is -2.46. The van der Waals surface area contributed by atoms with Crippen molar-refractivity contribution < 1.29 is 17.9 Å². The summed E-state index contributed by atoms with van der Waals surface area (Å²) >= 11 is 18.0. The van der Waals surface area contributed by atoms with Gasteiger partial charge in [0.05, 0.1) is 28.3 Å². The van der Waals surface area contributed by atoms with Crippen LogP contribution in [0.25, 0.3) is 0 Å². The van der Waals surface area contributed by atoms with Gasteiger partial charge in [0, 0.05) is 18.1 Å². The summed E-state index contributed by atoms with van der Waals surface area (Å²) in [5.41, 5.74) is 1.52. The SMILES string of the molecule is Cc1ccc(OCCNC(=O)[C@H]2CCCN(S(=O)(=O)Cc3ccc(Cl)c(Cl)c3)C2)cc1Cl. The molecule has 0 radical (unpaired) electrons. The van der Waals surface area contributed by atoms with Gasteiger partial charge in [0.25, 0.3) is 0 Å². The van der Waals surface area contributed by atoms with Crippen molar-refractivity contribution in [2.75, 3.05) is 26.2 Å². The van der Waals surface area contributed by atoms with Gasteiger partial charge in [0.2, 0.25) is 15.9 Å². The number of nitrogens with zero attached hydrogens (tertiary/aromatic N) is 1. The lowest BCUT2D eigenvalue weighted by atomic mass is 9.99. The smallest absolute Gasteiger partial charge is 0.224 e. The number of ether oxygens (including phenoxy) is 1. The molecule has 1 aliphatic heterocycles. The van der Waals surface area contributed by atoms with Crippen LogP contribution in [0, 0.1) is 12.8 Å². The number of benzene rings is 2. The molecule has 2 aromatic carbocycles. The highest BCUT2D eigenvalue weighted by molar-refractivity contribution is 7.88. The van der Waals surface area contributed by atoms with Crippen LogP contribution in [-0.2, 0) is 20.6 Å². The van der Waals surface area contributed by atoms with Crippen LogP contribution < -0.4 is 10.1 Å². The predicted octanol–water partition coefficient (Wildman–Crippen LogP) is 4.69. The molecule has 2 aromatic rings. The molecule has 174 valence electrons. The van der Waals surface area contributed by atoms with Crippen molar-refractivity contribution >= 4 is 50.7 Å². The normalized spacial score (nSPS) is 17.2. The number of sulfonamides is 1. The molecule has 10 heteroatoms. The maximum absolute atomic E-state index is 12.9. The van der Waals surface area contributed by atoms with Gasteiger partial charge in [-0.15, -0.1) is 0 Å². The van der Waals surface area contributed by atoms with Crippen molar-refractivity contribution in [1.29, 1.82) is 0 Å². The van der Waals surface area contributed by atoms with E-state index in [2.05, 4.69) is 5.32 Å². The summed E-state index contributed by atoms with van der Waals surface area (Å²) in [5, 5.41) is 4.14. The van der Waals surface area contributed by atoms with E-state index in [1.807, 2.05) is 19.1 Å². The van der Waals surface area contributed by atoms with Gasteiger partial charge in [0.1, 0.15) is 12.4 Å². The van der Waals surface area contributed by atoms with Gasteiger partial charge in [-0.1, -0.05) is 46.9 Å². The maximum Gasteiger partial charge on any atom is 0.224 e. The van der Waals surface area contributed by atoms with Gasteiger partial charge >= 0.3 is 0 Å². The number of halogens is 3. The van der Waals surface area contributed by atoms with Crippen molar-refractivity contribution in [3.63, 3.8) is 0 Å². The number of piperidine rings is 1. The highest BCUT2D eigenvalue weighted by Crippen LogP contribution is 2.26. The third kappa shape index (κ3) is 6.75. The number of amides is 1. The highest BCUT2D eigenvalue weighted by Gasteiger charge is 2.32. The van der Waals surface area contributed by atoms with Gasteiger partial charge in [-0.05, 0) is 55.2 Å². The maximum atomic E-state index is 12.9. The molecule has 1 atom stereocenters. The first-order valence-electron chi connectivity index (χ1n) is 10.2. The fourth-order valence-electron chi connectivity index (χ4n) is 3.49. The van der Waals surface area contributed by atoms with Crippen molar-refractivity contribution in [1.82, 2.24) is 9.62 Å². The standard InChI is InChI=1S/C22H25Cl3N2O4S/c1-15-4-6-18(12-20(15)24)31-10-8-26-22(28)17-3-2-9-27(13-17)32(29,30)14-16-5-7-19(23)21(25)11-16/h4-7,11-12,17H,2-3,8-10,13-14H2,1H3,(H,26,28)/t17-/m0/s1. The van der Waals surface area contributed by atoms with E-state index in [0.717, 1.165) is 5.56 Å². The number of carbonyl (C=O) groups is 1. The summed E-state index contributed by atoms with van der Waals surface area (Å²) in [6.45, 7) is 3.06. The molecule has 0 bridgehead atoms. The van der Waals surface area contributed by atoms with Crippen LogP contribution in [0.4, 0.5) is 0 Å². The number of hydrogen-bond acceptors (Lipinski definition) is 4. The molecule has 1 N–H and O–H groups in total. The lowest BCUT2D eigenvalue weighted by Gasteiger charge is -2.31. The van der Waals surface area contributed by atoms with Crippen molar-refractivity contribution in [3.05, 3.63) is 62.6 Å². The van der Waals surface area contributed by atoms with E-state index in [1.54, 1.807) is 24.3 Å². The minimum atomic E-state index is -3.59. The van der Waals surface area contributed by atoms with Crippen LogP contribution in [0.3, 0.4) is 0 Å². The summed E-state index contributed by atoms with van der Waals surface area (Å²) < 4.78 is 32.7. The van der Waals surface area contributed by atoms with E-state index in [1.165, 1.54) is 4.31 Å². The zero-order valence-corrected chi connectivity index (χ0v) is 20.7. The zero-order valence-electron chi connectivity index (χ0n) is 17.6. The number of hydrogen-bond donors (Lipinski definition) is 1. The number of rotatable bonds is 8. The molecule has 3 rings (SSSR count). The van der Waals surface area contributed by atoms with Crippen LogP contribution >= 0.6 is 34.8 Å². The molecule has 32 heavy (non-hydrogen) atoms. The van der Waals surface area contributed by atoms with Crippen LogP contribution in [-0.4, -0.2) is 44.9 Å². The average molecular weight is 520 g/mol. The van der Waals surface area contributed by atoms with Crippen LogP contribution in [0.5, 0.6) is 5.75 Å². The molecule has 0 unspecified atom stereocenters. The lowest BCUT2D eigenvalue weighted by molar-refractivity contribution is -0.126. The number of nitrogens with one attached hydrogen (secondary N) is 1. The largest absolute Gasteiger partial charge is 0.492 e. The fourth-order valence-corrected chi connectivity index (χ4v) is 5.58. The molecule has 0 saturated carbocycles. The molecule has 6 nitrogen and oxygen atoms in total. The number of carbonyl (C=O) groups excluding carboxylic acids is 1. The second kappa shape index (κ2) is 11.1. The summed E-state index contributed by atoms with van der Waals surface area (Å²) in [5.74, 6) is -0.135. The Morgan fingerprint density at radius 2 is 1.91 bits per heavy atom. The monoisotopic (exact) mass is 518 g/mol. The van der Waals surface area contributed by atoms with Gasteiger partial charge in [-0.25, -0.2) is 12.7 Å². The van der Waals surface area contributed by atoms with Gasteiger partial charge in [-0.3, -0.25) is 4.79 Å². The second-order valence-corrected chi connectivity index (χ2v) is 10.9. The molecule has 0 aliphatic carbocycles. The first-order chi connectivity index (χ1) is 15.2. The molecule has 1 amide bonds. The van der Waals surface area contributed by atoms with Crippen LogP contribution in [0.2, 0.25) is 15.1 Å². The molecule has 1 fully saturated rings. The Labute approximate surface area is 203 Å². The third-order valence-electron chi connectivity index (χ3n) is 5.29. The minimum Gasteiger partial charge on any atom is -0.492 e. The Morgan fingerprint density at radius 1 is 1.12 bits per heavy atom. The number of aryl methyl sites for hydroxylation is 1. The van der Waals surface area contributed by atoms with Gasteiger partial charge in [-0.2, -0.15) is 0 Å².